The maximum Gasteiger partial charge on any atom is 0.420 e. The maximum atomic E-state index is 13.2. The molecule has 0 fully saturated rings. The molecule has 0 atom stereocenters. The number of rotatable bonds is 6. The van der Waals surface area contributed by atoms with Crippen molar-refractivity contribution in [2.75, 3.05) is 0 Å². The van der Waals surface area contributed by atoms with Gasteiger partial charge in [0.2, 0.25) is 0 Å². The Morgan fingerprint density at radius 1 is 0.857 bits per heavy atom. The van der Waals surface area contributed by atoms with E-state index in [1.54, 1.807) is 0 Å². The molecule has 0 unspecified atom stereocenters. The molecule has 7 heteroatoms. The number of carbonyl (C=O) groups is 1. The number of halogens is 3. The fourth-order valence-electron chi connectivity index (χ4n) is 2.50. The molecule has 4 nitrogen and oxygen atoms in total. The summed E-state index contributed by atoms with van der Waals surface area (Å²) >= 11 is 0. The predicted molar refractivity (Wildman–Crippen MR) is 95.7 cm³/mol. The Kier molecular flexibility index (Phi) is 5.54. The van der Waals surface area contributed by atoms with Crippen LogP contribution in [-0.4, -0.2) is 11.1 Å². The highest BCUT2D eigenvalue weighted by molar-refractivity contribution is 5.91. The van der Waals surface area contributed by atoms with Crippen LogP contribution < -0.4 is 9.47 Å². The van der Waals surface area contributed by atoms with Gasteiger partial charge in [-0.05, 0) is 42.0 Å². The first-order valence-electron chi connectivity index (χ1n) is 8.23. The third-order valence-corrected chi connectivity index (χ3v) is 3.84. The Morgan fingerprint density at radius 3 is 2.11 bits per heavy atom. The highest BCUT2D eigenvalue weighted by atomic mass is 19.4. The van der Waals surface area contributed by atoms with Crippen LogP contribution in [0.4, 0.5) is 13.2 Å². The largest absolute Gasteiger partial charge is 0.489 e. The number of ether oxygens (including phenoxy) is 2. The molecule has 0 aromatic heterocycles. The van der Waals surface area contributed by atoms with Crippen molar-refractivity contribution in [1.82, 2.24) is 0 Å². The Bertz CT molecular complexity index is 952. The summed E-state index contributed by atoms with van der Waals surface area (Å²) < 4.78 is 50.6. The molecule has 0 bridgehead atoms. The highest BCUT2D eigenvalue weighted by Crippen LogP contribution is 2.40. The van der Waals surface area contributed by atoms with Crippen molar-refractivity contribution in [3.05, 3.63) is 89.5 Å². The monoisotopic (exact) mass is 388 g/mol. The number of carboxylic acids is 1. The molecule has 0 amide bonds. The van der Waals surface area contributed by atoms with Gasteiger partial charge in [-0.3, -0.25) is 0 Å². The first-order valence-corrected chi connectivity index (χ1v) is 8.23. The summed E-state index contributed by atoms with van der Waals surface area (Å²) in [7, 11) is 0. The van der Waals surface area contributed by atoms with Gasteiger partial charge in [0.25, 0.3) is 0 Å². The Hall–Kier alpha value is -3.48. The van der Waals surface area contributed by atoms with E-state index in [1.165, 1.54) is 24.3 Å². The summed E-state index contributed by atoms with van der Waals surface area (Å²) in [4.78, 5) is 11.3. The second-order valence-corrected chi connectivity index (χ2v) is 5.83. The van der Waals surface area contributed by atoms with Gasteiger partial charge in [-0.2, -0.15) is 13.2 Å². The van der Waals surface area contributed by atoms with Gasteiger partial charge in [0.1, 0.15) is 23.7 Å². The Balaban J connectivity index is 1.79. The van der Waals surface area contributed by atoms with E-state index in [9.17, 15) is 23.1 Å². The molecule has 3 aromatic carbocycles. The lowest BCUT2D eigenvalue weighted by atomic mass is 10.1. The van der Waals surface area contributed by atoms with Gasteiger partial charge in [0, 0.05) is 0 Å². The van der Waals surface area contributed by atoms with E-state index in [4.69, 9.17) is 9.47 Å². The smallest absolute Gasteiger partial charge is 0.420 e. The van der Waals surface area contributed by atoms with E-state index in [1.807, 2.05) is 30.3 Å². The Morgan fingerprint density at radius 2 is 1.50 bits per heavy atom. The van der Waals surface area contributed by atoms with Crippen LogP contribution in [0.2, 0.25) is 0 Å². The minimum Gasteiger partial charge on any atom is -0.489 e. The van der Waals surface area contributed by atoms with Crippen molar-refractivity contribution in [3.8, 4) is 17.2 Å². The zero-order valence-electron chi connectivity index (χ0n) is 14.4. The van der Waals surface area contributed by atoms with Gasteiger partial charge in [0.15, 0.2) is 5.75 Å². The van der Waals surface area contributed by atoms with Crippen LogP contribution in [0.3, 0.4) is 0 Å². The van der Waals surface area contributed by atoms with E-state index in [0.29, 0.717) is 12.4 Å². The summed E-state index contributed by atoms with van der Waals surface area (Å²) in [6, 6.07) is 18.2. The summed E-state index contributed by atoms with van der Waals surface area (Å²) in [5.74, 6) is -1.70. The summed E-state index contributed by atoms with van der Waals surface area (Å²) in [5, 5.41) is 9.19. The number of benzene rings is 3. The zero-order chi connectivity index (χ0) is 20.1. The van der Waals surface area contributed by atoms with E-state index in [2.05, 4.69) is 0 Å². The van der Waals surface area contributed by atoms with Gasteiger partial charge in [0.05, 0.1) is 5.56 Å². The fourth-order valence-corrected chi connectivity index (χ4v) is 2.50. The van der Waals surface area contributed by atoms with Crippen LogP contribution in [-0.2, 0) is 12.8 Å². The molecule has 0 heterocycles. The number of carboxylic acid groups (broad SMARTS) is 1. The van der Waals surface area contributed by atoms with Crippen LogP contribution in [0.25, 0.3) is 0 Å². The molecule has 0 saturated carbocycles. The lowest BCUT2D eigenvalue weighted by molar-refractivity contribution is -0.138. The molecule has 0 aliphatic carbocycles. The topological polar surface area (TPSA) is 55.8 Å². The van der Waals surface area contributed by atoms with Crippen molar-refractivity contribution in [2.24, 2.45) is 0 Å². The van der Waals surface area contributed by atoms with Crippen molar-refractivity contribution in [1.29, 1.82) is 0 Å². The molecular weight excluding hydrogens is 373 g/mol. The van der Waals surface area contributed by atoms with Gasteiger partial charge in [-0.15, -0.1) is 0 Å². The van der Waals surface area contributed by atoms with Crippen LogP contribution in [0.15, 0.2) is 72.8 Å². The van der Waals surface area contributed by atoms with Gasteiger partial charge in [-0.25, -0.2) is 4.79 Å². The molecule has 1 N–H and O–H groups in total. The van der Waals surface area contributed by atoms with Crippen LogP contribution in [0.5, 0.6) is 17.2 Å². The molecule has 0 spiro atoms. The second-order valence-electron chi connectivity index (χ2n) is 5.83. The normalized spacial score (nSPS) is 11.1. The zero-order valence-corrected chi connectivity index (χ0v) is 14.4. The van der Waals surface area contributed by atoms with Crippen LogP contribution >= 0.6 is 0 Å². The SMILES string of the molecule is O=C(O)c1cccc(C(F)(F)F)c1Oc1ccc(OCc2ccccc2)cc1. The molecule has 144 valence electrons. The van der Waals surface area contributed by atoms with E-state index in [-0.39, 0.29) is 5.75 Å². The molecule has 3 rings (SSSR count). The molecule has 0 aliphatic rings. The lowest BCUT2D eigenvalue weighted by Crippen LogP contribution is -2.11. The van der Waals surface area contributed by atoms with Crippen molar-refractivity contribution < 1.29 is 32.5 Å². The second kappa shape index (κ2) is 8.04. The number of aromatic carboxylic acids is 1. The van der Waals surface area contributed by atoms with Crippen LogP contribution in [0.1, 0.15) is 21.5 Å². The molecule has 0 saturated heterocycles. The number of alkyl halides is 3. The van der Waals surface area contributed by atoms with Crippen molar-refractivity contribution in [3.63, 3.8) is 0 Å². The number of para-hydroxylation sites is 1. The summed E-state index contributed by atoms with van der Waals surface area (Å²) in [6.07, 6.45) is -4.75. The number of hydrogen-bond donors (Lipinski definition) is 1. The van der Waals surface area contributed by atoms with E-state index < -0.39 is 29.0 Å². The molecular formula is C21H15F3O4. The van der Waals surface area contributed by atoms with E-state index in [0.717, 1.165) is 23.8 Å². The quantitative estimate of drug-likeness (QED) is 0.582. The van der Waals surface area contributed by atoms with E-state index >= 15 is 0 Å². The minimum absolute atomic E-state index is 0.0614. The molecule has 0 aliphatic heterocycles. The molecule has 28 heavy (non-hydrogen) atoms. The fraction of sp³-hybridized carbons (Fsp3) is 0.0952. The molecule has 0 radical (unpaired) electrons. The van der Waals surface area contributed by atoms with Crippen molar-refractivity contribution in [2.45, 2.75) is 12.8 Å². The third-order valence-electron chi connectivity index (χ3n) is 3.84. The first kappa shape index (κ1) is 19.3. The minimum atomic E-state index is -4.75. The predicted octanol–water partition coefficient (Wildman–Crippen LogP) is 5.77. The average molecular weight is 388 g/mol. The first-order chi connectivity index (χ1) is 13.3. The van der Waals surface area contributed by atoms with Gasteiger partial charge < -0.3 is 14.6 Å². The summed E-state index contributed by atoms with van der Waals surface area (Å²) in [6.45, 7) is 0.334. The van der Waals surface area contributed by atoms with Crippen molar-refractivity contribution >= 4 is 5.97 Å². The van der Waals surface area contributed by atoms with Gasteiger partial charge >= 0.3 is 12.1 Å². The number of hydrogen-bond acceptors (Lipinski definition) is 3. The van der Waals surface area contributed by atoms with Gasteiger partial charge in [-0.1, -0.05) is 36.4 Å². The Labute approximate surface area is 158 Å². The standard InChI is InChI=1S/C21H15F3O4/c22-21(23,24)18-8-4-7-17(20(25)26)19(18)28-16-11-9-15(10-12-16)27-13-14-5-2-1-3-6-14/h1-12H,13H2,(H,25,26). The average Bonchev–Trinajstić information content (AvgIpc) is 2.67. The maximum absolute atomic E-state index is 13.2. The summed E-state index contributed by atoms with van der Waals surface area (Å²) in [5.41, 5.74) is -0.760. The van der Waals surface area contributed by atoms with Crippen LogP contribution in [0, 0.1) is 0 Å². The lowest BCUT2D eigenvalue weighted by Gasteiger charge is -2.16. The molecule has 3 aromatic rings. The highest BCUT2D eigenvalue weighted by Gasteiger charge is 2.36. The third kappa shape index (κ3) is 4.62.